The smallest absolute Gasteiger partial charge is 0.322 e. The molecule has 0 fully saturated rings. The SMILES string of the molecule is CNc1nc(Nc2cccc(C)c2C)nc(OC)n1. The van der Waals surface area contributed by atoms with Crippen LogP contribution in [0.15, 0.2) is 18.2 Å². The van der Waals surface area contributed by atoms with Gasteiger partial charge < -0.3 is 15.4 Å². The highest BCUT2D eigenvalue weighted by Crippen LogP contribution is 2.22. The van der Waals surface area contributed by atoms with Gasteiger partial charge >= 0.3 is 6.01 Å². The predicted octanol–water partition coefficient (Wildman–Crippen LogP) is 2.28. The van der Waals surface area contributed by atoms with E-state index in [1.54, 1.807) is 7.05 Å². The van der Waals surface area contributed by atoms with E-state index in [4.69, 9.17) is 4.74 Å². The van der Waals surface area contributed by atoms with Crippen molar-refractivity contribution in [2.24, 2.45) is 0 Å². The summed E-state index contributed by atoms with van der Waals surface area (Å²) in [6, 6.07) is 6.31. The number of benzene rings is 1. The van der Waals surface area contributed by atoms with Crippen molar-refractivity contribution in [2.75, 3.05) is 24.8 Å². The summed E-state index contributed by atoms with van der Waals surface area (Å²) in [6.07, 6.45) is 0. The minimum atomic E-state index is 0.271. The Bertz CT molecular complexity index is 563. The maximum Gasteiger partial charge on any atom is 0.322 e. The number of nitrogens with zero attached hydrogens (tertiary/aromatic N) is 3. The second kappa shape index (κ2) is 5.51. The molecule has 0 aliphatic heterocycles. The molecule has 0 aliphatic rings. The van der Waals surface area contributed by atoms with E-state index in [0.29, 0.717) is 11.9 Å². The van der Waals surface area contributed by atoms with Gasteiger partial charge in [-0.1, -0.05) is 12.1 Å². The lowest BCUT2D eigenvalue weighted by molar-refractivity contribution is 0.379. The molecule has 6 heteroatoms. The number of methoxy groups -OCH3 is 1. The minimum absolute atomic E-state index is 0.271. The van der Waals surface area contributed by atoms with E-state index in [-0.39, 0.29) is 6.01 Å². The first-order valence-electron chi connectivity index (χ1n) is 5.95. The van der Waals surface area contributed by atoms with Gasteiger partial charge in [0.1, 0.15) is 0 Å². The van der Waals surface area contributed by atoms with E-state index >= 15 is 0 Å². The highest BCUT2D eigenvalue weighted by Gasteiger charge is 2.07. The van der Waals surface area contributed by atoms with Gasteiger partial charge in [0.2, 0.25) is 11.9 Å². The first-order chi connectivity index (χ1) is 9.13. The summed E-state index contributed by atoms with van der Waals surface area (Å²) in [5.74, 6) is 0.907. The van der Waals surface area contributed by atoms with Crippen molar-refractivity contribution in [3.63, 3.8) is 0 Å². The minimum Gasteiger partial charge on any atom is -0.467 e. The van der Waals surface area contributed by atoms with Crippen LogP contribution in [-0.4, -0.2) is 29.1 Å². The third-order valence-corrected chi connectivity index (χ3v) is 2.87. The Morgan fingerprint density at radius 3 is 2.47 bits per heavy atom. The molecule has 0 saturated carbocycles. The van der Waals surface area contributed by atoms with Gasteiger partial charge in [-0.25, -0.2) is 0 Å². The van der Waals surface area contributed by atoms with E-state index in [2.05, 4.69) is 45.5 Å². The summed E-state index contributed by atoms with van der Waals surface area (Å²) in [5.41, 5.74) is 3.34. The van der Waals surface area contributed by atoms with Gasteiger partial charge in [-0.05, 0) is 31.0 Å². The molecule has 0 atom stereocenters. The zero-order valence-electron chi connectivity index (χ0n) is 11.5. The second-order valence-electron chi connectivity index (χ2n) is 4.09. The van der Waals surface area contributed by atoms with Crippen LogP contribution in [0.4, 0.5) is 17.6 Å². The van der Waals surface area contributed by atoms with Crippen molar-refractivity contribution >= 4 is 17.6 Å². The topological polar surface area (TPSA) is 72.0 Å². The fourth-order valence-corrected chi connectivity index (χ4v) is 1.62. The number of anilines is 3. The average Bonchev–Trinajstić information content (AvgIpc) is 2.43. The predicted molar refractivity (Wildman–Crippen MR) is 75.1 cm³/mol. The Hall–Kier alpha value is -2.37. The molecule has 19 heavy (non-hydrogen) atoms. The van der Waals surface area contributed by atoms with Gasteiger partial charge in [0, 0.05) is 12.7 Å². The van der Waals surface area contributed by atoms with E-state index in [1.165, 1.54) is 12.7 Å². The van der Waals surface area contributed by atoms with Crippen LogP contribution in [0, 0.1) is 13.8 Å². The molecule has 0 bridgehead atoms. The normalized spacial score (nSPS) is 10.1. The van der Waals surface area contributed by atoms with Crippen LogP contribution in [0.1, 0.15) is 11.1 Å². The number of hydrogen-bond acceptors (Lipinski definition) is 6. The Kier molecular flexibility index (Phi) is 3.79. The standard InChI is InChI=1S/C13H17N5O/c1-8-6-5-7-10(9(8)2)15-12-16-11(14-3)17-13(18-12)19-4/h5-7H,1-4H3,(H2,14,15,16,17,18). The van der Waals surface area contributed by atoms with Crippen LogP contribution in [0.3, 0.4) is 0 Å². The number of aryl methyl sites for hydroxylation is 1. The lowest BCUT2D eigenvalue weighted by atomic mass is 10.1. The molecule has 2 N–H and O–H groups in total. The molecule has 0 unspecified atom stereocenters. The lowest BCUT2D eigenvalue weighted by Gasteiger charge is -2.11. The zero-order chi connectivity index (χ0) is 13.8. The Balaban J connectivity index is 2.34. The van der Waals surface area contributed by atoms with Gasteiger partial charge in [-0.3, -0.25) is 0 Å². The van der Waals surface area contributed by atoms with Crippen LogP contribution in [-0.2, 0) is 0 Å². The average molecular weight is 259 g/mol. The maximum absolute atomic E-state index is 5.05. The van der Waals surface area contributed by atoms with Crippen LogP contribution in [0.5, 0.6) is 6.01 Å². The van der Waals surface area contributed by atoms with E-state index in [0.717, 1.165) is 11.3 Å². The van der Waals surface area contributed by atoms with Crippen molar-refractivity contribution in [2.45, 2.75) is 13.8 Å². The van der Waals surface area contributed by atoms with Crippen LogP contribution >= 0.6 is 0 Å². The number of nitrogens with one attached hydrogen (secondary N) is 2. The molecular formula is C13H17N5O. The van der Waals surface area contributed by atoms with E-state index in [9.17, 15) is 0 Å². The van der Waals surface area contributed by atoms with Gasteiger partial charge in [0.05, 0.1) is 7.11 Å². The molecule has 0 aliphatic carbocycles. The Morgan fingerprint density at radius 2 is 1.79 bits per heavy atom. The number of ether oxygens (including phenoxy) is 1. The van der Waals surface area contributed by atoms with Gasteiger partial charge in [-0.2, -0.15) is 15.0 Å². The van der Waals surface area contributed by atoms with Crippen molar-refractivity contribution in [3.8, 4) is 6.01 Å². The van der Waals surface area contributed by atoms with Crippen molar-refractivity contribution in [1.82, 2.24) is 15.0 Å². The summed E-state index contributed by atoms with van der Waals surface area (Å²) in [6.45, 7) is 4.11. The molecule has 1 aromatic heterocycles. The molecular weight excluding hydrogens is 242 g/mol. The molecule has 100 valence electrons. The Labute approximate surface area is 112 Å². The monoisotopic (exact) mass is 259 g/mol. The van der Waals surface area contributed by atoms with E-state index < -0.39 is 0 Å². The van der Waals surface area contributed by atoms with Crippen LogP contribution < -0.4 is 15.4 Å². The van der Waals surface area contributed by atoms with Gasteiger partial charge in [0.15, 0.2) is 0 Å². The highest BCUT2D eigenvalue weighted by atomic mass is 16.5. The van der Waals surface area contributed by atoms with E-state index in [1.807, 2.05) is 12.1 Å². The summed E-state index contributed by atoms with van der Waals surface area (Å²) >= 11 is 0. The number of aromatic nitrogens is 3. The summed E-state index contributed by atoms with van der Waals surface area (Å²) < 4.78 is 5.05. The third kappa shape index (κ3) is 2.90. The number of rotatable bonds is 4. The number of hydrogen-bond donors (Lipinski definition) is 2. The molecule has 0 amide bonds. The quantitative estimate of drug-likeness (QED) is 0.877. The fourth-order valence-electron chi connectivity index (χ4n) is 1.62. The highest BCUT2D eigenvalue weighted by molar-refractivity contribution is 5.60. The zero-order valence-corrected chi connectivity index (χ0v) is 11.5. The summed E-state index contributed by atoms with van der Waals surface area (Å²) in [4.78, 5) is 12.5. The molecule has 1 aromatic carbocycles. The van der Waals surface area contributed by atoms with Gasteiger partial charge in [0.25, 0.3) is 0 Å². The van der Waals surface area contributed by atoms with Gasteiger partial charge in [-0.15, -0.1) is 0 Å². The van der Waals surface area contributed by atoms with Crippen molar-refractivity contribution in [3.05, 3.63) is 29.3 Å². The molecule has 2 aromatic rings. The van der Waals surface area contributed by atoms with Crippen molar-refractivity contribution < 1.29 is 4.74 Å². The molecule has 1 heterocycles. The third-order valence-electron chi connectivity index (χ3n) is 2.87. The molecule has 2 rings (SSSR count). The fraction of sp³-hybridized carbons (Fsp3) is 0.308. The lowest BCUT2D eigenvalue weighted by Crippen LogP contribution is -2.06. The summed E-state index contributed by atoms with van der Waals surface area (Å²) in [7, 11) is 3.27. The Morgan fingerprint density at radius 1 is 1.05 bits per heavy atom. The van der Waals surface area contributed by atoms with Crippen molar-refractivity contribution in [1.29, 1.82) is 0 Å². The first-order valence-corrected chi connectivity index (χ1v) is 5.95. The van der Waals surface area contributed by atoms with Crippen LogP contribution in [0.25, 0.3) is 0 Å². The van der Waals surface area contributed by atoms with Crippen LogP contribution in [0.2, 0.25) is 0 Å². The molecule has 0 saturated heterocycles. The largest absolute Gasteiger partial charge is 0.467 e. The summed E-state index contributed by atoms with van der Waals surface area (Å²) in [5, 5.41) is 6.05. The molecule has 0 radical (unpaired) electrons. The maximum atomic E-state index is 5.05. The second-order valence-corrected chi connectivity index (χ2v) is 4.09. The molecule has 6 nitrogen and oxygen atoms in total. The molecule has 0 spiro atoms. The first kappa shape index (κ1) is 13.1.